The predicted molar refractivity (Wildman–Crippen MR) is 95.4 cm³/mol. The molecule has 2 N–H and O–H groups in total. The van der Waals surface area contributed by atoms with Gasteiger partial charge in [0.25, 0.3) is 5.56 Å². The molecule has 26 heavy (non-hydrogen) atoms. The quantitative estimate of drug-likeness (QED) is 0.400. The summed E-state index contributed by atoms with van der Waals surface area (Å²) in [6.45, 7) is 1.48. The summed E-state index contributed by atoms with van der Waals surface area (Å²) in [5.74, 6) is -1.13. The molecule has 10 nitrogen and oxygen atoms in total. The van der Waals surface area contributed by atoms with Gasteiger partial charge in [0.1, 0.15) is 18.4 Å². The summed E-state index contributed by atoms with van der Waals surface area (Å²) in [7, 11) is 0. The molecule has 1 saturated heterocycles. The number of halogens is 1. The van der Waals surface area contributed by atoms with Crippen molar-refractivity contribution in [3.63, 3.8) is 0 Å². The number of H-pyrrole nitrogens is 1. The molecule has 11 heteroatoms. The molecule has 0 spiro atoms. The second-order valence-electron chi connectivity index (χ2n) is 5.52. The van der Waals surface area contributed by atoms with E-state index in [-0.39, 0.29) is 25.9 Å². The van der Waals surface area contributed by atoms with Gasteiger partial charge >= 0.3 is 17.6 Å². The molecule has 0 aliphatic carbocycles. The number of hydrogen-bond acceptors (Lipinski definition) is 8. The number of esters is 2. The zero-order valence-corrected chi connectivity index (χ0v) is 16.1. The van der Waals surface area contributed by atoms with Gasteiger partial charge in [-0.2, -0.15) is 0 Å². The van der Waals surface area contributed by atoms with E-state index in [4.69, 9.17) is 14.2 Å². The highest BCUT2D eigenvalue weighted by Crippen LogP contribution is 2.30. The first-order valence-corrected chi connectivity index (χ1v) is 9.06. The summed E-state index contributed by atoms with van der Waals surface area (Å²) >= 11 is 1.78. The van der Waals surface area contributed by atoms with Crippen molar-refractivity contribution in [2.45, 2.75) is 44.6 Å². The van der Waals surface area contributed by atoms with Crippen LogP contribution in [0.1, 0.15) is 32.4 Å². The molecular weight excluding hydrogens is 461 g/mol. The maximum absolute atomic E-state index is 11.9. The molecule has 144 valence electrons. The van der Waals surface area contributed by atoms with E-state index in [2.05, 4.69) is 4.98 Å². The Hall–Kier alpha value is -1.73. The maximum atomic E-state index is 11.9. The van der Waals surface area contributed by atoms with Gasteiger partial charge in [-0.1, -0.05) is 0 Å². The molecule has 0 amide bonds. The first-order chi connectivity index (χ1) is 12.3. The van der Waals surface area contributed by atoms with Crippen molar-refractivity contribution in [1.82, 2.24) is 9.55 Å². The lowest BCUT2D eigenvalue weighted by Crippen LogP contribution is -2.33. The predicted octanol–water partition coefficient (Wildman–Crippen LogP) is -0.324. The molecule has 0 saturated carbocycles. The van der Waals surface area contributed by atoms with Crippen LogP contribution in [0.25, 0.3) is 0 Å². The fraction of sp³-hybridized carbons (Fsp3) is 0.600. The molecule has 0 aromatic carbocycles. The Bertz CT molecular complexity index is 774. The van der Waals surface area contributed by atoms with Crippen molar-refractivity contribution in [2.24, 2.45) is 0 Å². The minimum Gasteiger partial charge on any atom is -0.466 e. The number of aromatic amines is 1. The fourth-order valence-corrected chi connectivity index (χ4v) is 2.93. The minimum absolute atomic E-state index is 0.106. The van der Waals surface area contributed by atoms with Crippen molar-refractivity contribution in [1.29, 1.82) is 0 Å². The van der Waals surface area contributed by atoms with Gasteiger partial charge in [-0.3, -0.25) is 23.9 Å². The summed E-state index contributed by atoms with van der Waals surface area (Å²) in [4.78, 5) is 48.7. The van der Waals surface area contributed by atoms with Gasteiger partial charge in [-0.05, 0) is 29.5 Å². The van der Waals surface area contributed by atoms with E-state index in [0.29, 0.717) is 3.57 Å². The number of carbonyl (C=O) groups excluding carboxylic acids is 2. The minimum atomic E-state index is -0.817. The maximum Gasteiger partial charge on any atom is 0.330 e. The number of carbonyl (C=O) groups is 2. The second-order valence-corrected chi connectivity index (χ2v) is 6.69. The van der Waals surface area contributed by atoms with E-state index < -0.39 is 48.2 Å². The molecule has 1 aromatic heterocycles. The average molecular weight is 480 g/mol. The second kappa shape index (κ2) is 9.28. The molecule has 2 heterocycles. The molecule has 1 aromatic rings. The van der Waals surface area contributed by atoms with Crippen molar-refractivity contribution in [3.05, 3.63) is 30.6 Å². The number of ether oxygens (including phenoxy) is 3. The van der Waals surface area contributed by atoms with Gasteiger partial charge in [0.05, 0.1) is 29.6 Å². The summed E-state index contributed by atoms with van der Waals surface area (Å²) in [6, 6.07) is 0. The Balaban J connectivity index is 2.02. The number of nitrogens with zero attached hydrogens (tertiary/aromatic N) is 1. The van der Waals surface area contributed by atoms with Crippen LogP contribution in [-0.4, -0.2) is 52.0 Å². The molecule has 0 bridgehead atoms. The third-order valence-electron chi connectivity index (χ3n) is 3.72. The van der Waals surface area contributed by atoms with Gasteiger partial charge in [0, 0.05) is 12.6 Å². The zero-order valence-electron chi connectivity index (χ0n) is 14.0. The van der Waals surface area contributed by atoms with Crippen LogP contribution in [0.5, 0.6) is 0 Å². The van der Waals surface area contributed by atoms with Crippen molar-refractivity contribution >= 4 is 34.5 Å². The standard InChI is InChI=1S/C15H19IN2O8/c1-2-24-12(20)3-4-13(21)26-9-5-11(25-10(9)7-19)18-6-8(16)14(22)17-15(18)23/h6,9-11,19H,2-5,7H2,1H3,(H,17,22,23)/t9-,10+,11+/m0/s1/i16-2. The zero-order chi connectivity index (χ0) is 19.3. The molecule has 1 aliphatic rings. The summed E-state index contributed by atoms with van der Waals surface area (Å²) in [5, 5.41) is 9.43. The van der Waals surface area contributed by atoms with Crippen LogP contribution >= 0.6 is 22.6 Å². The highest BCUT2D eigenvalue weighted by molar-refractivity contribution is 14.1. The first kappa shape index (κ1) is 20.6. The Morgan fingerprint density at radius 3 is 2.73 bits per heavy atom. The van der Waals surface area contributed by atoms with Crippen LogP contribution < -0.4 is 11.2 Å². The highest BCUT2D eigenvalue weighted by Gasteiger charge is 2.39. The van der Waals surface area contributed by atoms with Crippen molar-refractivity contribution in [2.75, 3.05) is 13.2 Å². The molecular formula is C15H19IN2O8. The number of hydrogen-bond donors (Lipinski definition) is 2. The lowest BCUT2D eigenvalue weighted by Gasteiger charge is -2.16. The Morgan fingerprint density at radius 1 is 1.38 bits per heavy atom. The highest BCUT2D eigenvalue weighted by atomic mass is 125. The van der Waals surface area contributed by atoms with Crippen LogP contribution in [0.4, 0.5) is 0 Å². The lowest BCUT2D eigenvalue weighted by atomic mass is 10.2. The Kier molecular flexibility index (Phi) is 7.34. The van der Waals surface area contributed by atoms with E-state index in [1.54, 1.807) is 29.5 Å². The van der Waals surface area contributed by atoms with Crippen LogP contribution in [0.15, 0.2) is 15.8 Å². The number of aliphatic hydroxyl groups is 1. The Labute approximate surface area is 161 Å². The third-order valence-corrected chi connectivity index (χ3v) is 4.48. The largest absolute Gasteiger partial charge is 0.466 e. The number of nitrogens with one attached hydrogen (secondary N) is 1. The van der Waals surface area contributed by atoms with Crippen LogP contribution in [-0.2, 0) is 23.8 Å². The normalized spacial score (nSPS) is 22.2. The van der Waals surface area contributed by atoms with Gasteiger partial charge in [-0.15, -0.1) is 0 Å². The molecule has 0 unspecified atom stereocenters. The fourth-order valence-electron chi connectivity index (χ4n) is 2.50. The van der Waals surface area contributed by atoms with Crippen LogP contribution in [0.2, 0.25) is 0 Å². The summed E-state index contributed by atoms with van der Waals surface area (Å²) < 4.78 is 17.0. The van der Waals surface area contributed by atoms with E-state index in [1.807, 2.05) is 0 Å². The Morgan fingerprint density at radius 2 is 2.08 bits per heavy atom. The molecule has 0 radical (unpaired) electrons. The average Bonchev–Trinajstić information content (AvgIpc) is 2.99. The first-order valence-electron chi connectivity index (χ1n) is 7.98. The summed E-state index contributed by atoms with van der Waals surface area (Å²) in [5.41, 5.74) is -1.17. The number of aromatic nitrogens is 2. The van der Waals surface area contributed by atoms with Gasteiger partial charge in [-0.25, -0.2) is 4.79 Å². The topological polar surface area (TPSA) is 137 Å². The molecule has 1 aliphatic heterocycles. The molecule has 3 atom stereocenters. The van der Waals surface area contributed by atoms with E-state index in [0.717, 1.165) is 0 Å². The lowest BCUT2D eigenvalue weighted by molar-refractivity contribution is -0.156. The number of rotatable bonds is 7. The smallest absolute Gasteiger partial charge is 0.330 e. The van der Waals surface area contributed by atoms with E-state index >= 15 is 0 Å². The third kappa shape index (κ3) is 5.14. The number of aliphatic hydroxyl groups excluding tert-OH is 1. The molecule has 2 rings (SSSR count). The monoisotopic (exact) mass is 480 g/mol. The van der Waals surface area contributed by atoms with E-state index in [9.17, 15) is 24.3 Å². The SMILES string of the molecule is CCOC(=O)CCC(=O)O[C@H]1C[C@H](n2cc([125I])c(=O)[nH]c2=O)O[C@@H]1CO. The van der Waals surface area contributed by atoms with Crippen molar-refractivity contribution in [3.8, 4) is 0 Å². The van der Waals surface area contributed by atoms with Crippen LogP contribution in [0.3, 0.4) is 0 Å². The summed E-state index contributed by atoms with van der Waals surface area (Å²) in [6.07, 6.45) is -1.20. The van der Waals surface area contributed by atoms with Crippen molar-refractivity contribution < 1.29 is 28.9 Å². The van der Waals surface area contributed by atoms with Gasteiger partial charge in [0.2, 0.25) is 0 Å². The van der Waals surface area contributed by atoms with E-state index in [1.165, 1.54) is 10.8 Å². The van der Waals surface area contributed by atoms with Gasteiger partial charge < -0.3 is 19.3 Å². The molecule has 1 fully saturated rings. The van der Waals surface area contributed by atoms with Crippen LogP contribution in [0, 0.1) is 3.57 Å². The van der Waals surface area contributed by atoms with Gasteiger partial charge in [0.15, 0.2) is 0 Å².